The molecule has 0 bridgehead atoms. The summed E-state index contributed by atoms with van der Waals surface area (Å²) in [4.78, 5) is 4.63. The standard InChI is InChI=1S/C19H26N2/c1-14-6-5-7-17(11-10-14)20-13-16-12-15(2)21-19-9-4-3-8-18(16)19/h3-4,8-9,12,14,17,20H,5-7,10-11,13H2,1-2H3. The Morgan fingerprint density at radius 2 is 2.00 bits per heavy atom. The summed E-state index contributed by atoms with van der Waals surface area (Å²) >= 11 is 0. The predicted molar refractivity (Wildman–Crippen MR) is 89.4 cm³/mol. The highest BCUT2D eigenvalue weighted by molar-refractivity contribution is 5.82. The number of hydrogen-bond acceptors (Lipinski definition) is 2. The second-order valence-electron chi connectivity index (χ2n) is 6.63. The molecule has 1 heterocycles. The van der Waals surface area contributed by atoms with E-state index in [9.17, 15) is 0 Å². The molecule has 3 rings (SSSR count). The molecule has 1 aromatic carbocycles. The minimum Gasteiger partial charge on any atom is -0.310 e. The maximum Gasteiger partial charge on any atom is 0.0708 e. The van der Waals surface area contributed by atoms with Gasteiger partial charge in [-0.05, 0) is 49.8 Å². The molecule has 112 valence electrons. The van der Waals surface area contributed by atoms with E-state index in [1.54, 1.807) is 0 Å². The lowest BCUT2D eigenvalue weighted by molar-refractivity contribution is 0.448. The summed E-state index contributed by atoms with van der Waals surface area (Å²) in [6.45, 7) is 5.44. The third-order valence-corrected chi connectivity index (χ3v) is 4.77. The highest BCUT2D eigenvalue weighted by Crippen LogP contribution is 2.23. The highest BCUT2D eigenvalue weighted by atomic mass is 14.9. The van der Waals surface area contributed by atoms with Gasteiger partial charge in [-0.15, -0.1) is 0 Å². The van der Waals surface area contributed by atoms with Gasteiger partial charge in [0.15, 0.2) is 0 Å². The first kappa shape index (κ1) is 14.5. The Balaban J connectivity index is 1.73. The number of rotatable bonds is 3. The Kier molecular flexibility index (Phi) is 4.54. The van der Waals surface area contributed by atoms with Crippen molar-refractivity contribution in [3.8, 4) is 0 Å². The molecule has 0 amide bonds. The summed E-state index contributed by atoms with van der Waals surface area (Å²) in [5, 5.41) is 5.08. The number of benzene rings is 1. The van der Waals surface area contributed by atoms with E-state index in [1.165, 1.54) is 43.1 Å². The zero-order valence-corrected chi connectivity index (χ0v) is 13.2. The monoisotopic (exact) mass is 282 g/mol. The number of para-hydroxylation sites is 1. The van der Waals surface area contributed by atoms with Gasteiger partial charge in [-0.1, -0.05) is 38.0 Å². The van der Waals surface area contributed by atoms with E-state index in [2.05, 4.69) is 54.5 Å². The smallest absolute Gasteiger partial charge is 0.0708 e. The SMILES string of the molecule is Cc1cc(CNC2CCCC(C)CC2)c2ccccc2n1. The average Bonchev–Trinajstić information content (AvgIpc) is 2.69. The topological polar surface area (TPSA) is 24.9 Å². The molecule has 1 aliphatic carbocycles. The second-order valence-corrected chi connectivity index (χ2v) is 6.63. The molecule has 2 atom stereocenters. The molecule has 2 nitrogen and oxygen atoms in total. The highest BCUT2D eigenvalue weighted by Gasteiger charge is 2.16. The van der Waals surface area contributed by atoms with Crippen molar-refractivity contribution in [2.24, 2.45) is 5.92 Å². The predicted octanol–water partition coefficient (Wildman–Crippen LogP) is 4.60. The van der Waals surface area contributed by atoms with E-state index in [-0.39, 0.29) is 0 Å². The van der Waals surface area contributed by atoms with Crippen LogP contribution in [0.5, 0.6) is 0 Å². The van der Waals surface area contributed by atoms with Crippen LogP contribution in [0.3, 0.4) is 0 Å². The zero-order chi connectivity index (χ0) is 14.7. The van der Waals surface area contributed by atoms with E-state index in [0.717, 1.165) is 23.7 Å². The normalized spacial score (nSPS) is 23.1. The van der Waals surface area contributed by atoms with Gasteiger partial charge in [0.1, 0.15) is 0 Å². The number of nitrogens with one attached hydrogen (secondary N) is 1. The van der Waals surface area contributed by atoms with Crippen LogP contribution in [0, 0.1) is 12.8 Å². The van der Waals surface area contributed by atoms with Crippen molar-refractivity contribution in [1.82, 2.24) is 10.3 Å². The van der Waals surface area contributed by atoms with Crippen LogP contribution in [0.4, 0.5) is 0 Å². The summed E-state index contributed by atoms with van der Waals surface area (Å²) in [6.07, 6.45) is 6.79. The van der Waals surface area contributed by atoms with Gasteiger partial charge in [0, 0.05) is 23.7 Å². The number of hydrogen-bond donors (Lipinski definition) is 1. The fourth-order valence-corrected chi connectivity index (χ4v) is 3.49. The van der Waals surface area contributed by atoms with Crippen molar-refractivity contribution in [1.29, 1.82) is 0 Å². The van der Waals surface area contributed by atoms with Crippen LogP contribution in [0.2, 0.25) is 0 Å². The number of fused-ring (bicyclic) bond motifs is 1. The molecule has 1 fully saturated rings. The van der Waals surface area contributed by atoms with Crippen molar-refractivity contribution in [2.45, 2.75) is 58.5 Å². The van der Waals surface area contributed by atoms with Crippen molar-refractivity contribution in [3.05, 3.63) is 41.6 Å². The van der Waals surface area contributed by atoms with E-state index in [0.29, 0.717) is 6.04 Å². The molecule has 0 radical (unpaired) electrons. The fourth-order valence-electron chi connectivity index (χ4n) is 3.49. The summed E-state index contributed by atoms with van der Waals surface area (Å²) < 4.78 is 0. The van der Waals surface area contributed by atoms with Crippen molar-refractivity contribution in [3.63, 3.8) is 0 Å². The lowest BCUT2D eigenvalue weighted by Gasteiger charge is -2.17. The quantitative estimate of drug-likeness (QED) is 0.832. The Hall–Kier alpha value is -1.41. The molecule has 0 aliphatic heterocycles. The molecule has 1 aliphatic rings. The average molecular weight is 282 g/mol. The summed E-state index contributed by atoms with van der Waals surface area (Å²) in [7, 11) is 0. The van der Waals surface area contributed by atoms with Gasteiger partial charge >= 0.3 is 0 Å². The van der Waals surface area contributed by atoms with Gasteiger partial charge in [-0.2, -0.15) is 0 Å². The third-order valence-electron chi connectivity index (χ3n) is 4.77. The zero-order valence-electron chi connectivity index (χ0n) is 13.2. The molecular formula is C19H26N2. The van der Waals surface area contributed by atoms with Crippen LogP contribution in [-0.4, -0.2) is 11.0 Å². The van der Waals surface area contributed by atoms with Gasteiger partial charge in [-0.25, -0.2) is 0 Å². The van der Waals surface area contributed by atoms with Gasteiger partial charge in [0.25, 0.3) is 0 Å². The minimum absolute atomic E-state index is 0.683. The van der Waals surface area contributed by atoms with E-state index >= 15 is 0 Å². The summed E-state index contributed by atoms with van der Waals surface area (Å²) in [5.74, 6) is 0.904. The van der Waals surface area contributed by atoms with Crippen molar-refractivity contribution < 1.29 is 0 Å². The first-order valence-electron chi connectivity index (χ1n) is 8.31. The molecule has 0 spiro atoms. The van der Waals surface area contributed by atoms with Crippen LogP contribution >= 0.6 is 0 Å². The molecule has 2 aromatic rings. The Morgan fingerprint density at radius 1 is 1.14 bits per heavy atom. The molecule has 1 N–H and O–H groups in total. The second kappa shape index (κ2) is 6.57. The molecule has 21 heavy (non-hydrogen) atoms. The van der Waals surface area contributed by atoms with Crippen molar-refractivity contribution >= 4 is 10.9 Å². The molecular weight excluding hydrogens is 256 g/mol. The number of nitrogens with zero attached hydrogens (tertiary/aromatic N) is 1. The summed E-state index contributed by atoms with van der Waals surface area (Å²) in [5.41, 5.74) is 3.61. The fraction of sp³-hybridized carbons (Fsp3) is 0.526. The molecule has 0 saturated heterocycles. The number of aryl methyl sites for hydroxylation is 1. The van der Waals surface area contributed by atoms with Crippen LogP contribution in [-0.2, 0) is 6.54 Å². The Labute approximate surface area is 128 Å². The molecule has 1 aromatic heterocycles. The van der Waals surface area contributed by atoms with Crippen LogP contribution in [0.25, 0.3) is 10.9 Å². The molecule has 1 saturated carbocycles. The third kappa shape index (κ3) is 3.62. The van der Waals surface area contributed by atoms with Gasteiger partial charge in [0.05, 0.1) is 5.52 Å². The maximum atomic E-state index is 4.63. The lowest BCUT2D eigenvalue weighted by atomic mass is 10.0. The minimum atomic E-state index is 0.683. The number of aromatic nitrogens is 1. The first-order valence-corrected chi connectivity index (χ1v) is 8.31. The summed E-state index contributed by atoms with van der Waals surface area (Å²) in [6, 6.07) is 11.4. The van der Waals surface area contributed by atoms with Crippen LogP contribution < -0.4 is 5.32 Å². The number of pyridine rings is 1. The van der Waals surface area contributed by atoms with Crippen LogP contribution in [0.1, 0.15) is 50.3 Å². The first-order chi connectivity index (χ1) is 10.2. The lowest BCUT2D eigenvalue weighted by Crippen LogP contribution is -2.28. The largest absolute Gasteiger partial charge is 0.310 e. The van der Waals surface area contributed by atoms with E-state index in [1.807, 2.05) is 0 Å². The molecule has 2 heteroatoms. The Morgan fingerprint density at radius 3 is 2.90 bits per heavy atom. The van der Waals surface area contributed by atoms with Crippen LogP contribution in [0.15, 0.2) is 30.3 Å². The maximum absolute atomic E-state index is 4.63. The Bertz CT molecular complexity index is 606. The van der Waals surface area contributed by atoms with Crippen molar-refractivity contribution in [2.75, 3.05) is 0 Å². The van der Waals surface area contributed by atoms with Gasteiger partial charge < -0.3 is 5.32 Å². The van der Waals surface area contributed by atoms with Gasteiger partial charge in [-0.3, -0.25) is 4.98 Å². The van der Waals surface area contributed by atoms with Gasteiger partial charge in [0.2, 0.25) is 0 Å². The van der Waals surface area contributed by atoms with E-state index in [4.69, 9.17) is 0 Å². The van der Waals surface area contributed by atoms with E-state index < -0.39 is 0 Å². The molecule has 2 unspecified atom stereocenters.